The van der Waals surface area contributed by atoms with Crippen LogP contribution in [0.4, 0.5) is 17.1 Å². The van der Waals surface area contributed by atoms with E-state index in [4.69, 9.17) is 14.5 Å². The highest BCUT2D eigenvalue weighted by molar-refractivity contribution is 6.08. The number of rotatable bonds is 8. The van der Waals surface area contributed by atoms with Crippen LogP contribution in [-0.4, -0.2) is 30.1 Å². The molecule has 3 aromatic carbocycles. The van der Waals surface area contributed by atoms with E-state index < -0.39 is 5.97 Å². The Bertz CT molecular complexity index is 1270. The lowest BCUT2D eigenvalue weighted by atomic mass is 10.1. The summed E-state index contributed by atoms with van der Waals surface area (Å²) >= 11 is 0. The molecule has 0 aliphatic carbocycles. The lowest BCUT2D eigenvalue weighted by molar-refractivity contribution is -0.148. The van der Waals surface area contributed by atoms with Crippen molar-refractivity contribution in [1.29, 1.82) is 0 Å². The van der Waals surface area contributed by atoms with Gasteiger partial charge in [0, 0.05) is 29.1 Å². The average molecular weight is 444 g/mol. The van der Waals surface area contributed by atoms with Crippen molar-refractivity contribution < 1.29 is 19.1 Å². The predicted molar refractivity (Wildman–Crippen MR) is 130 cm³/mol. The number of nitrogens with one attached hydrogen (secondary N) is 2. The summed E-state index contributed by atoms with van der Waals surface area (Å²) in [5, 5.41) is 8.33. The lowest BCUT2D eigenvalue weighted by Gasteiger charge is -2.16. The van der Waals surface area contributed by atoms with Gasteiger partial charge in [0.05, 0.1) is 29.9 Å². The van der Waals surface area contributed by atoms with Crippen molar-refractivity contribution in [3.05, 3.63) is 72.3 Å². The van der Waals surface area contributed by atoms with Gasteiger partial charge in [-0.2, -0.15) is 0 Å². The Morgan fingerprint density at radius 2 is 1.55 bits per heavy atom. The van der Waals surface area contributed by atoms with Gasteiger partial charge in [-0.15, -0.1) is 0 Å². The van der Waals surface area contributed by atoms with Crippen molar-refractivity contribution >= 4 is 50.7 Å². The van der Waals surface area contributed by atoms with Gasteiger partial charge in [0.1, 0.15) is 6.61 Å². The standard InChI is InChI=1S/C26H25N3O4/c1-3-33-25(31)16-32-15-18-12-19(27-17(2)30)14-20(13-18)28-26-21-8-4-6-10-23(21)29-24-11-7-5-9-22(24)26/h4-14H,3,15-16H2,1-2H3,(H,27,30)(H,28,29). The largest absolute Gasteiger partial charge is 0.464 e. The maximum Gasteiger partial charge on any atom is 0.332 e. The van der Waals surface area contributed by atoms with Gasteiger partial charge in [0.15, 0.2) is 0 Å². The van der Waals surface area contributed by atoms with Gasteiger partial charge in [-0.3, -0.25) is 4.79 Å². The van der Waals surface area contributed by atoms with Gasteiger partial charge in [-0.25, -0.2) is 9.78 Å². The molecular weight excluding hydrogens is 418 g/mol. The van der Waals surface area contributed by atoms with E-state index in [0.29, 0.717) is 12.3 Å². The molecule has 0 saturated heterocycles. The summed E-state index contributed by atoms with van der Waals surface area (Å²) in [5.74, 6) is -0.589. The number of pyridine rings is 1. The molecule has 4 aromatic rings. The Labute approximate surface area is 191 Å². The van der Waals surface area contributed by atoms with Gasteiger partial charge >= 0.3 is 5.97 Å². The molecule has 0 unspecified atom stereocenters. The minimum atomic E-state index is -0.413. The number of amides is 1. The van der Waals surface area contributed by atoms with Crippen LogP contribution >= 0.6 is 0 Å². The summed E-state index contributed by atoms with van der Waals surface area (Å²) in [4.78, 5) is 28.0. The maximum atomic E-state index is 11.7. The van der Waals surface area contributed by atoms with Gasteiger partial charge < -0.3 is 20.1 Å². The van der Waals surface area contributed by atoms with Crippen LogP contribution < -0.4 is 10.6 Å². The SMILES string of the molecule is CCOC(=O)COCc1cc(NC(C)=O)cc(Nc2c3ccccc3nc3ccccc23)c1. The van der Waals surface area contributed by atoms with Crippen LogP contribution in [0.3, 0.4) is 0 Å². The molecule has 0 aliphatic rings. The summed E-state index contributed by atoms with van der Waals surface area (Å²) < 4.78 is 10.4. The highest BCUT2D eigenvalue weighted by Crippen LogP contribution is 2.34. The molecule has 0 fully saturated rings. The molecule has 7 nitrogen and oxygen atoms in total. The predicted octanol–water partition coefficient (Wildman–Crippen LogP) is 5.17. The number of fused-ring (bicyclic) bond motifs is 2. The van der Waals surface area contributed by atoms with Crippen molar-refractivity contribution in [2.45, 2.75) is 20.5 Å². The van der Waals surface area contributed by atoms with E-state index in [9.17, 15) is 9.59 Å². The fourth-order valence-electron chi connectivity index (χ4n) is 3.70. The van der Waals surface area contributed by atoms with Crippen molar-refractivity contribution in [3.63, 3.8) is 0 Å². The highest BCUT2D eigenvalue weighted by Gasteiger charge is 2.11. The van der Waals surface area contributed by atoms with Gasteiger partial charge in [0.2, 0.25) is 5.91 Å². The number of para-hydroxylation sites is 2. The summed E-state index contributed by atoms with van der Waals surface area (Å²) in [7, 11) is 0. The summed E-state index contributed by atoms with van der Waals surface area (Å²) in [6, 6.07) is 21.5. The smallest absolute Gasteiger partial charge is 0.332 e. The number of carbonyl (C=O) groups excluding carboxylic acids is 2. The third-order valence-corrected chi connectivity index (χ3v) is 4.96. The molecule has 1 amide bonds. The molecule has 33 heavy (non-hydrogen) atoms. The highest BCUT2D eigenvalue weighted by atomic mass is 16.6. The molecular formula is C26H25N3O4. The Balaban J connectivity index is 1.70. The third kappa shape index (κ3) is 5.45. The number of anilines is 3. The molecule has 1 heterocycles. The number of nitrogens with zero attached hydrogens (tertiary/aromatic N) is 1. The van der Waals surface area contributed by atoms with E-state index in [0.717, 1.165) is 38.7 Å². The molecule has 0 atom stereocenters. The van der Waals surface area contributed by atoms with Crippen LogP contribution in [0.1, 0.15) is 19.4 Å². The molecule has 0 aliphatic heterocycles. The Morgan fingerprint density at radius 3 is 2.18 bits per heavy atom. The molecule has 0 saturated carbocycles. The second kappa shape index (κ2) is 10.1. The zero-order chi connectivity index (χ0) is 23.2. The minimum Gasteiger partial charge on any atom is -0.464 e. The number of hydrogen-bond acceptors (Lipinski definition) is 6. The van der Waals surface area contributed by atoms with Gasteiger partial charge in [0.25, 0.3) is 0 Å². The van der Waals surface area contributed by atoms with E-state index in [2.05, 4.69) is 10.6 Å². The van der Waals surface area contributed by atoms with Crippen molar-refractivity contribution in [2.24, 2.45) is 0 Å². The Morgan fingerprint density at radius 1 is 0.909 bits per heavy atom. The van der Waals surface area contributed by atoms with Crippen molar-refractivity contribution in [3.8, 4) is 0 Å². The number of aromatic nitrogens is 1. The van der Waals surface area contributed by atoms with Crippen LogP contribution in [0.25, 0.3) is 21.8 Å². The summed E-state index contributed by atoms with van der Waals surface area (Å²) in [6.45, 7) is 3.57. The molecule has 0 radical (unpaired) electrons. The first-order valence-electron chi connectivity index (χ1n) is 10.7. The lowest BCUT2D eigenvalue weighted by Crippen LogP contribution is -2.12. The Hall–Kier alpha value is -3.97. The average Bonchev–Trinajstić information content (AvgIpc) is 2.78. The fraction of sp³-hybridized carbons (Fsp3) is 0.192. The normalized spacial score (nSPS) is 10.8. The number of esters is 1. The molecule has 0 spiro atoms. The molecule has 2 N–H and O–H groups in total. The molecule has 4 rings (SSSR count). The molecule has 7 heteroatoms. The summed E-state index contributed by atoms with van der Waals surface area (Å²) in [5.41, 5.74) is 4.90. The third-order valence-electron chi connectivity index (χ3n) is 4.96. The zero-order valence-electron chi connectivity index (χ0n) is 18.6. The summed E-state index contributed by atoms with van der Waals surface area (Å²) in [6.07, 6.45) is 0. The second-order valence-corrected chi connectivity index (χ2v) is 7.54. The fourth-order valence-corrected chi connectivity index (χ4v) is 3.70. The quantitative estimate of drug-likeness (QED) is 0.288. The van der Waals surface area contributed by atoms with E-state index in [-0.39, 0.29) is 19.1 Å². The van der Waals surface area contributed by atoms with Crippen LogP contribution in [0.15, 0.2) is 66.7 Å². The second-order valence-electron chi connectivity index (χ2n) is 7.54. The van der Waals surface area contributed by atoms with E-state index in [1.54, 1.807) is 6.92 Å². The van der Waals surface area contributed by atoms with E-state index in [1.807, 2.05) is 66.7 Å². The topological polar surface area (TPSA) is 89.5 Å². The number of ether oxygens (including phenoxy) is 2. The number of benzene rings is 3. The van der Waals surface area contributed by atoms with Crippen LogP contribution in [0, 0.1) is 0 Å². The van der Waals surface area contributed by atoms with Crippen molar-refractivity contribution in [2.75, 3.05) is 23.8 Å². The van der Waals surface area contributed by atoms with E-state index in [1.165, 1.54) is 6.92 Å². The number of carbonyl (C=O) groups is 2. The van der Waals surface area contributed by atoms with Crippen molar-refractivity contribution in [1.82, 2.24) is 4.98 Å². The van der Waals surface area contributed by atoms with Gasteiger partial charge in [-0.05, 0) is 42.8 Å². The number of hydrogen-bond donors (Lipinski definition) is 2. The maximum absolute atomic E-state index is 11.7. The van der Waals surface area contributed by atoms with Crippen LogP contribution in [0.2, 0.25) is 0 Å². The first-order valence-corrected chi connectivity index (χ1v) is 10.7. The first kappa shape index (κ1) is 22.2. The molecule has 168 valence electrons. The minimum absolute atomic E-state index is 0.138. The monoisotopic (exact) mass is 443 g/mol. The molecule has 1 aromatic heterocycles. The van der Waals surface area contributed by atoms with Crippen LogP contribution in [-0.2, 0) is 25.7 Å². The Kier molecular flexibility index (Phi) is 6.80. The molecule has 0 bridgehead atoms. The first-order chi connectivity index (χ1) is 16.0. The zero-order valence-corrected chi connectivity index (χ0v) is 18.6. The van der Waals surface area contributed by atoms with Gasteiger partial charge in [-0.1, -0.05) is 36.4 Å². The van der Waals surface area contributed by atoms with Crippen LogP contribution in [0.5, 0.6) is 0 Å². The van der Waals surface area contributed by atoms with E-state index >= 15 is 0 Å².